The van der Waals surface area contributed by atoms with Crippen LogP contribution in [-0.4, -0.2) is 23.6 Å². The highest BCUT2D eigenvalue weighted by atomic mass is 16.5. The van der Waals surface area contributed by atoms with E-state index in [0.717, 1.165) is 22.4 Å². The molecule has 2 aromatic rings. The first-order valence-electron chi connectivity index (χ1n) is 7.81. The van der Waals surface area contributed by atoms with Crippen LogP contribution in [0.3, 0.4) is 0 Å². The summed E-state index contributed by atoms with van der Waals surface area (Å²) in [6.07, 6.45) is 0.0269. The van der Waals surface area contributed by atoms with Gasteiger partial charge in [-0.25, -0.2) is 4.79 Å². The lowest BCUT2D eigenvalue weighted by Gasteiger charge is -2.13. The fourth-order valence-corrected chi connectivity index (χ4v) is 2.95. The molecule has 5 nitrogen and oxygen atoms in total. The first kappa shape index (κ1) is 16.1. The van der Waals surface area contributed by atoms with Crippen LogP contribution < -0.4 is 10.1 Å². The summed E-state index contributed by atoms with van der Waals surface area (Å²) >= 11 is 0. The summed E-state index contributed by atoms with van der Waals surface area (Å²) in [5, 5.41) is 12.1. The van der Waals surface area contributed by atoms with E-state index in [1.165, 1.54) is 6.07 Å². The van der Waals surface area contributed by atoms with Crippen molar-refractivity contribution in [3.8, 4) is 5.75 Å². The lowest BCUT2D eigenvalue weighted by atomic mass is 10.0. The second-order valence-corrected chi connectivity index (χ2v) is 6.00. The number of carbonyl (C=O) groups excluding carboxylic acids is 1. The number of ether oxygens (including phenoxy) is 1. The number of aryl methyl sites for hydroxylation is 1. The van der Waals surface area contributed by atoms with Gasteiger partial charge in [0.1, 0.15) is 12.4 Å². The Hall–Kier alpha value is -2.82. The van der Waals surface area contributed by atoms with Crippen molar-refractivity contribution in [3.63, 3.8) is 0 Å². The van der Waals surface area contributed by atoms with Crippen molar-refractivity contribution >= 4 is 11.9 Å². The van der Waals surface area contributed by atoms with Crippen LogP contribution in [0, 0.1) is 13.8 Å². The summed E-state index contributed by atoms with van der Waals surface area (Å²) in [6, 6.07) is 10.3. The number of aromatic carboxylic acids is 1. The standard InChI is InChI=1S/C19H19NO4/c1-11-7-8-15-16(10-24-18(15)12(11)2)20-17(21)9-13-5-3-4-6-14(13)19(22)23/h3-8,16H,9-10H2,1-2H3,(H,20,21)(H,22,23). The Morgan fingerprint density at radius 3 is 2.71 bits per heavy atom. The fourth-order valence-electron chi connectivity index (χ4n) is 2.95. The van der Waals surface area contributed by atoms with Gasteiger partial charge in [0.2, 0.25) is 5.91 Å². The molecule has 1 atom stereocenters. The van der Waals surface area contributed by atoms with E-state index < -0.39 is 5.97 Å². The molecule has 1 aliphatic rings. The van der Waals surface area contributed by atoms with Crippen LogP contribution in [0.15, 0.2) is 36.4 Å². The third-order valence-corrected chi connectivity index (χ3v) is 4.41. The van der Waals surface area contributed by atoms with Crippen molar-refractivity contribution < 1.29 is 19.4 Å². The minimum Gasteiger partial charge on any atom is -0.490 e. The smallest absolute Gasteiger partial charge is 0.335 e. The number of carboxylic acids is 1. The zero-order chi connectivity index (χ0) is 17.3. The maximum absolute atomic E-state index is 12.3. The van der Waals surface area contributed by atoms with E-state index in [1.807, 2.05) is 26.0 Å². The first-order chi connectivity index (χ1) is 11.5. The molecule has 0 bridgehead atoms. The molecular weight excluding hydrogens is 306 g/mol. The van der Waals surface area contributed by atoms with Gasteiger partial charge in [0, 0.05) is 5.56 Å². The second-order valence-electron chi connectivity index (χ2n) is 6.00. The highest BCUT2D eigenvalue weighted by molar-refractivity contribution is 5.91. The molecule has 0 aromatic heterocycles. The van der Waals surface area contributed by atoms with E-state index in [1.54, 1.807) is 18.2 Å². The van der Waals surface area contributed by atoms with Crippen LogP contribution >= 0.6 is 0 Å². The van der Waals surface area contributed by atoms with Crippen molar-refractivity contribution in [1.29, 1.82) is 0 Å². The maximum atomic E-state index is 12.3. The summed E-state index contributed by atoms with van der Waals surface area (Å²) in [5.41, 5.74) is 3.86. The Kier molecular flexibility index (Phi) is 4.25. The molecular formula is C19H19NO4. The number of carboxylic acid groups (broad SMARTS) is 1. The van der Waals surface area contributed by atoms with Gasteiger partial charge in [0.25, 0.3) is 0 Å². The molecule has 5 heteroatoms. The maximum Gasteiger partial charge on any atom is 0.335 e. The molecule has 1 aliphatic heterocycles. The Morgan fingerprint density at radius 1 is 1.21 bits per heavy atom. The fraction of sp³-hybridized carbons (Fsp3) is 0.263. The van der Waals surface area contributed by atoms with Crippen LogP contribution in [0.4, 0.5) is 0 Å². The zero-order valence-electron chi connectivity index (χ0n) is 13.6. The molecule has 124 valence electrons. The van der Waals surface area contributed by atoms with Gasteiger partial charge < -0.3 is 15.2 Å². The third-order valence-electron chi connectivity index (χ3n) is 4.41. The molecule has 1 heterocycles. The van der Waals surface area contributed by atoms with Gasteiger partial charge in [-0.05, 0) is 36.6 Å². The van der Waals surface area contributed by atoms with Crippen LogP contribution in [0.5, 0.6) is 5.75 Å². The van der Waals surface area contributed by atoms with Gasteiger partial charge in [0.05, 0.1) is 18.0 Å². The molecule has 24 heavy (non-hydrogen) atoms. The molecule has 0 radical (unpaired) electrons. The monoisotopic (exact) mass is 325 g/mol. The third kappa shape index (κ3) is 2.97. The summed E-state index contributed by atoms with van der Waals surface area (Å²) in [5.74, 6) is -0.409. The minimum atomic E-state index is -1.03. The summed E-state index contributed by atoms with van der Waals surface area (Å²) < 4.78 is 5.73. The molecule has 1 amide bonds. The first-order valence-corrected chi connectivity index (χ1v) is 7.81. The number of carbonyl (C=O) groups is 2. The summed E-state index contributed by atoms with van der Waals surface area (Å²) in [7, 11) is 0. The Labute approximate surface area is 140 Å². The van der Waals surface area contributed by atoms with Crippen LogP contribution in [0.25, 0.3) is 0 Å². The molecule has 0 saturated heterocycles. The normalized spacial score (nSPS) is 15.5. The van der Waals surface area contributed by atoms with Gasteiger partial charge in [-0.15, -0.1) is 0 Å². The van der Waals surface area contributed by atoms with E-state index in [4.69, 9.17) is 4.74 Å². The summed E-state index contributed by atoms with van der Waals surface area (Å²) in [6.45, 7) is 4.42. The number of amides is 1. The number of hydrogen-bond acceptors (Lipinski definition) is 3. The average molecular weight is 325 g/mol. The van der Waals surface area contributed by atoms with E-state index in [2.05, 4.69) is 5.32 Å². The molecule has 2 aromatic carbocycles. The number of benzene rings is 2. The van der Waals surface area contributed by atoms with Gasteiger partial charge in [-0.1, -0.05) is 30.3 Å². The topological polar surface area (TPSA) is 75.6 Å². The molecule has 0 aliphatic carbocycles. The number of hydrogen-bond donors (Lipinski definition) is 2. The summed E-state index contributed by atoms with van der Waals surface area (Å²) in [4.78, 5) is 23.6. The zero-order valence-corrected chi connectivity index (χ0v) is 13.6. The van der Waals surface area contributed by atoms with Crippen LogP contribution in [0.2, 0.25) is 0 Å². The van der Waals surface area contributed by atoms with Crippen LogP contribution in [-0.2, 0) is 11.2 Å². The Morgan fingerprint density at radius 2 is 1.96 bits per heavy atom. The van der Waals surface area contributed by atoms with Crippen molar-refractivity contribution in [2.45, 2.75) is 26.3 Å². The number of fused-ring (bicyclic) bond motifs is 1. The average Bonchev–Trinajstić information content (AvgIpc) is 2.94. The molecule has 0 spiro atoms. The van der Waals surface area contributed by atoms with E-state index in [9.17, 15) is 14.7 Å². The van der Waals surface area contributed by atoms with Crippen molar-refractivity contribution in [2.75, 3.05) is 6.61 Å². The van der Waals surface area contributed by atoms with E-state index >= 15 is 0 Å². The Bertz CT molecular complexity index is 813. The van der Waals surface area contributed by atoms with Gasteiger partial charge in [0.15, 0.2) is 0 Å². The van der Waals surface area contributed by atoms with Gasteiger partial charge in [-0.2, -0.15) is 0 Å². The molecule has 0 saturated carbocycles. The SMILES string of the molecule is Cc1ccc2c(c1C)OCC2NC(=O)Cc1ccccc1C(=O)O. The lowest BCUT2D eigenvalue weighted by Crippen LogP contribution is -2.31. The van der Waals surface area contributed by atoms with Gasteiger partial charge >= 0.3 is 5.97 Å². The molecule has 2 N–H and O–H groups in total. The number of nitrogens with one attached hydrogen (secondary N) is 1. The minimum absolute atomic E-state index is 0.0269. The largest absolute Gasteiger partial charge is 0.490 e. The second kappa shape index (κ2) is 6.35. The molecule has 1 unspecified atom stereocenters. The molecule has 3 rings (SSSR count). The lowest BCUT2D eigenvalue weighted by molar-refractivity contribution is -0.121. The number of rotatable bonds is 4. The predicted molar refractivity (Wildman–Crippen MR) is 89.4 cm³/mol. The van der Waals surface area contributed by atoms with E-state index in [-0.39, 0.29) is 23.9 Å². The van der Waals surface area contributed by atoms with E-state index in [0.29, 0.717) is 12.2 Å². The molecule has 0 fully saturated rings. The van der Waals surface area contributed by atoms with Gasteiger partial charge in [-0.3, -0.25) is 4.79 Å². The highest BCUT2D eigenvalue weighted by Gasteiger charge is 2.27. The Balaban J connectivity index is 1.74. The van der Waals surface area contributed by atoms with Crippen molar-refractivity contribution in [1.82, 2.24) is 5.32 Å². The van der Waals surface area contributed by atoms with Crippen molar-refractivity contribution in [3.05, 3.63) is 64.2 Å². The van der Waals surface area contributed by atoms with Crippen molar-refractivity contribution in [2.24, 2.45) is 0 Å². The quantitative estimate of drug-likeness (QED) is 0.906. The predicted octanol–water partition coefficient (Wildman–Crippen LogP) is 2.79. The highest BCUT2D eigenvalue weighted by Crippen LogP contribution is 2.36. The van der Waals surface area contributed by atoms with Crippen LogP contribution in [0.1, 0.15) is 38.7 Å².